The smallest absolute Gasteiger partial charge is 0.229 e. The van der Waals surface area contributed by atoms with Crippen LogP contribution in [0.5, 0.6) is 0 Å². The molecular weight excluding hydrogens is 333 g/mol. The van der Waals surface area contributed by atoms with Crippen LogP contribution < -0.4 is 10.2 Å². The maximum atomic E-state index is 14.0. The van der Waals surface area contributed by atoms with E-state index in [9.17, 15) is 14.0 Å². The molecule has 0 aromatic heterocycles. The average molecular weight is 355 g/mol. The van der Waals surface area contributed by atoms with E-state index in [1.54, 1.807) is 18.2 Å². The van der Waals surface area contributed by atoms with Crippen molar-refractivity contribution in [2.75, 3.05) is 30.9 Å². The zero-order valence-corrected chi connectivity index (χ0v) is 14.9. The first kappa shape index (κ1) is 18.1. The van der Waals surface area contributed by atoms with Gasteiger partial charge < -0.3 is 15.1 Å². The highest BCUT2D eigenvalue weighted by Crippen LogP contribution is 2.28. The van der Waals surface area contributed by atoms with Crippen molar-refractivity contribution in [3.8, 4) is 0 Å². The Kier molecular flexibility index (Phi) is 5.32. The van der Waals surface area contributed by atoms with Gasteiger partial charge in [-0.25, -0.2) is 4.39 Å². The molecule has 1 saturated heterocycles. The summed E-state index contributed by atoms with van der Waals surface area (Å²) in [6.07, 6.45) is 0.0794. The molecule has 1 aliphatic heterocycles. The molecule has 0 spiro atoms. The van der Waals surface area contributed by atoms with Gasteiger partial charge in [0.1, 0.15) is 5.82 Å². The SMILES string of the molecule is CN(C)Cc1ccccc1NC(=O)C1CC(=O)N(c2ccccc2F)C1. The molecule has 136 valence electrons. The molecule has 26 heavy (non-hydrogen) atoms. The summed E-state index contributed by atoms with van der Waals surface area (Å²) in [5.41, 5.74) is 1.96. The number of halogens is 1. The molecule has 1 aliphatic rings. The number of amides is 2. The lowest BCUT2D eigenvalue weighted by molar-refractivity contribution is -0.122. The summed E-state index contributed by atoms with van der Waals surface area (Å²) in [4.78, 5) is 28.3. The highest BCUT2D eigenvalue weighted by Gasteiger charge is 2.36. The summed E-state index contributed by atoms with van der Waals surface area (Å²) in [7, 11) is 3.92. The number of rotatable bonds is 5. The summed E-state index contributed by atoms with van der Waals surface area (Å²) in [6, 6.07) is 13.7. The summed E-state index contributed by atoms with van der Waals surface area (Å²) in [6.45, 7) is 0.878. The van der Waals surface area contributed by atoms with Crippen LogP contribution in [0.25, 0.3) is 0 Å². The van der Waals surface area contributed by atoms with E-state index in [1.165, 1.54) is 11.0 Å². The summed E-state index contributed by atoms with van der Waals surface area (Å²) in [5, 5.41) is 2.93. The third kappa shape index (κ3) is 3.91. The zero-order valence-electron chi connectivity index (χ0n) is 14.9. The van der Waals surface area contributed by atoms with Gasteiger partial charge in [0.15, 0.2) is 0 Å². The number of hydrogen-bond acceptors (Lipinski definition) is 3. The molecule has 1 heterocycles. The van der Waals surface area contributed by atoms with Crippen LogP contribution in [0.2, 0.25) is 0 Å². The Morgan fingerprint density at radius 3 is 2.62 bits per heavy atom. The van der Waals surface area contributed by atoms with Gasteiger partial charge in [0.05, 0.1) is 11.6 Å². The Morgan fingerprint density at radius 2 is 1.88 bits per heavy atom. The summed E-state index contributed by atoms with van der Waals surface area (Å²) >= 11 is 0. The minimum Gasteiger partial charge on any atom is -0.325 e. The lowest BCUT2D eigenvalue weighted by Crippen LogP contribution is -2.29. The van der Waals surface area contributed by atoms with Gasteiger partial charge in [-0.2, -0.15) is 0 Å². The van der Waals surface area contributed by atoms with Crippen molar-refractivity contribution >= 4 is 23.2 Å². The number of para-hydroxylation sites is 2. The van der Waals surface area contributed by atoms with Crippen LogP contribution in [0.3, 0.4) is 0 Å². The fourth-order valence-corrected chi connectivity index (χ4v) is 3.14. The highest BCUT2D eigenvalue weighted by atomic mass is 19.1. The van der Waals surface area contributed by atoms with E-state index >= 15 is 0 Å². The number of anilines is 2. The Bertz CT molecular complexity index is 822. The summed E-state index contributed by atoms with van der Waals surface area (Å²) < 4.78 is 14.0. The monoisotopic (exact) mass is 355 g/mol. The quantitative estimate of drug-likeness (QED) is 0.897. The van der Waals surface area contributed by atoms with E-state index in [-0.39, 0.29) is 30.5 Å². The fraction of sp³-hybridized carbons (Fsp3) is 0.300. The van der Waals surface area contributed by atoms with Gasteiger partial charge >= 0.3 is 0 Å². The molecule has 2 amide bonds. The molecule has 0 saturated carbocycles. The molecule has 5 nitrogen and oxygen atoms in total. The third-order valence-electron chi connectivity index (χ3n) is 4.40. The topological polar surface area (TPSA) is 52.7 Å². The normalized spacial score (nSPS) is 17.0. The Balaban J connectivity index is 1.72. The summed E-state index contributed by atoms with van der Waals surface area (Å²) in [5.74, 6) is -1.42. The zero-order chi connectivity index (χ0) is 18.7. The molecule has 2 aromatic carbocycles. The molecule has 1 unspecified atom stereocenters. The van der Waals surface area contributed by atoms with E-state index in [2.05, 4.69) is 5.32 Å². The maximum Gasteiger partial charge on any atom is 0.229 e. The predicted molar refractivity (Wildman–Crippen MR) is 99.3 cm³/mol. The first-order chi connectivity index (χ1) is 12.5. The molecule has 1 atom stereocenters. The van der Waals surface area contributed by atoms with Crippen molar-refractivity contribution in [1.29, 1.82) is 0 Å². The van der Waals surface area contributed by atoms with Crippen molar-refractivity contribution in [1.82, 2.24) is 4.90 Å². The number of benzene rings is 2. The average Bonchev–Trinajstić information content (AvgIpc) is 2.98. The maximum absolute atomic E-state index is 14.0. The van der Waals surface area contributed by atoms with Crippen LogP contribution in [0.15, 0.2) is 48.5 Å². The van der Waals surface area contributed by atoms with Gasteiger partial charge in [-0.1, -0.05) is 30.3 Å². The van der Waals surface area contributed by atoms with E-state index < -0.39 is 11.7 Å². The second-order valence-electron chi connectivity index (χ2n) is 6.74. The van der Waals surface area contributed by atoms with Gasteiger partial charge in [-0.3, -0.25) is 9.59 Å². The van der Waals surface area contributed by atoms with Crippen molar-refractivity contribution in [3.05, 3.63) is 59.9 Å². The third-order valence-corrected chi connectivity index (χ3v) is 4.40. The number of carbonyl (C=O) groups is 2. The van der Waals surface area contributed by atoms with Gasteiger partial charge in [-0.05, 0) is 37.9 Å². The fourth-order valence-electron chi connectivity index (χ4n) is 3.14. The Labute approximate surface area is 152 Å². The minimum atomic E-state index is -0.505. The molecule has 3 rings (SSSR count). The molecule has 2 aromatic rings. The standard InChI is InChI=1S/C20H22FN3O2/c1-23(2)12-14-7-3-5-9-17(14)22-20(26)15-11-19(25)24(13-15)18-10-6-4-8-16(18)21/h3-10,15H,11-13H2,1-2H3,(H,22,26). The van der Waals surface area contributed by atoms with Crippen molar-refractivity contribution < 1.29 is 14.0 Å². The molecular formula is C20H22FN3O2. The number of nitrogens with one attached hydrogen (secondary N) is 1. The molecule has 1 N–H and O–H groups in total. The number of hydrogen-bond donors (Lipinski definition) is 1. The van der Waals surface area contributed by atoms with Gasteiger partial charge in [0.2, 0.25) is 11.8 Å². The van der Waals surface area contributed by atoms with Crippen LogP contribution in [0.1, 0.15) is 12.0 Å². The first-order valence-corrected chi connectivity index (χ1v) is 8.54. The number of nitrogens with zero attached hydrogens (tertiary/aromatic N) is 2. The second-order valence-corrected chi connectivity index (χ2v) is 6.74. The molecule has 0 radical (unpaired) electrons. The van der Waals surface area contributed by atoms with E-state index in [0.29, 0.717) is 6.54 Å². The predicted octanol–water partition coefficient (Wildman–Crippen LogP) is 2.88. The van der Waals surface area contributed by atoms with Crippen molar-refractivity contribution in [3.63, 3.8) is 0 Å². The lowest BCUT2D eigenvalue weighted by atomic mass is 10.1. The van der Waals surface area contributed by atoms with Gasteiger partial charge in [0, 0.05) is 25.2 Å². The van der Waals surface area contributed by atoms with E-state index in [1.807, 2.05) is 43.3 Å². The van der Waals surface area contributed by atoms with E-state index in [4.69, 9.17) is 0 Å². The van der Waals surface area contributed by atoms with Crippen LogP contribution in [0.4, 0.5) is 15.8 Å². The van der Waals surface area contributed by atoms with Crippen LogP contribution >= 0.6 is 0 Å². The lowest BCUT2D eigenvalue weighted by Gasteiger charge is -2.18. The first-order valence-electron chi connectivity index (χ1n) is 8.54. The largest absolute Gasteiger partial charge is 0.325 e. The number of carbonyl (C=O) groups excluding carboxylic acids is 2. The van der Waals surface area contributed by atoms with Crippen LogP contribution in [-0.4, -0.2) is 37.4 Å². The van der Waals surface area contributed by atoms with Crippen molar-refractivity contribution in [2.24, 2.45) is 5.92 Å². The second kappa shape index (κ2) is 7.66. The van der Waals surface area contributed by atoms with E-state index in [0.717, 1.165) is 11.3 Å². The van der Waals surface area contributed by atoms with Crippen LogP contribution in [-0.2, 0) is 16.1 Å². The van der Waals surface area contributed by atoms with Gasteiger partial charge in [0.25, 0.3) is 0 Å². The Hall–Kier alpha value is -2.73. The minimum absolute atomic E-state index is 0.0794. The van der Waals surface area contributed by atoms with Crippen LogP contribution in [0, 0.1) is 11.7 Å². The molecule has 0 bridgehead atoms. The molecule has 0 aliphatic carbocycles. The molecule has 6 heteroatoms. The van der Waals surface area contributed by atoms with Crippen molar-refractivity contribution in [2.45, 2.75) is 13.0 Å². The van der Waals surface area contributed by atoms with Gasteiger partial charge in [-0.15, -0.1) is 0 Å². The molecule has 1 fully saturated rings. The highest BCUT2D eigenvalue weighted by molar-refractivity contribution is 6.03. The Morgan fingerprint density at radius 1 is 1.19 bits per heavy atom.